The van der Waals surface area contributed by atoms with Crippen molar-refractivity contribution in [2.45, 2.75) is 54.0 Å². The van der Waals surface area contributed by atoms with Gasteiger partial charge in [0.2, 0.25) is 0 Å². The van der Waals surface area contributed by atoms with Crippen molar-refractivity contribution in [3.05, 3.63) is 17.5 Å². The second-order valence-corrected chi connectivity index (χ2v) is 8.01. The minimum Gasteiger partial charge on any atom is -0.327 e. The van der Waals surface area contributed by atoms with Gasteiger partial charge < -0.3 is 5.73 Å². The third-order valence-electron chi connectivity index (χ3n) is 3.43. The van der Waals surface area contributed by atoms with Crippen molar-refractivity contribution in [2.24, 2.45) is 5.73 Å². The molecule has 1 aromatic rings. The Morgan fingerprint density at radius 3 is 2.53 bits per heavy atom. The van der Waals surface area contributed by atoms with E-state index in [4.69, 9.17) is 5.73 Å². The Bertz CT molecular complexity index is 439. The molecule has 1 aliphatic carbocycles. The number of hydrogen-bond acceptors (Lipinski definition) is 4. The molecular weight excluding hydrogens is 254 g/mol. The van der Waals surface area contributed by atoms with Crippen LogP contribution in [0.15, 0.2) is 21.7 Å². The Morgan fingerprint density at radius 2 is 1.88 bits per heavy atom. The molecule has 0 aromatic carbocycles. The van der Waals surface area contributed by atoms with Crippen molar-refractivity contribution in [1.82, 2.24) is 0 Å². The molecule has 0 spiro atoms. The topological polar surface area (TPSA) is 60.2 Å². The SMILES string of the molecule is NC1CCCCCCC1S(=O)(=O)c1cccs1. The van der Waals surface area contributed by atoms with Gasteiger partial charge in [0.1, 0.15) is 4.21 Å². The number of thiophene rings is 1. The van der Waals surface area contributed by atoms with E-state index in [-0.39, 0.29) is 11.3 Å². The number of sulfone groups is 1. The van der Waals surface area contributed by atoms with Crippen LogP contribution in [0.3, 0.4) is 0 Å². The van der Waals surface area contributed by atoms with Crippen LogP contribution >= 0.6 is 11.3 Å². The van der Waals surface area contributed by atoms with Crippen LogP contribution in [0, 0.1) is 0 Å². The zero-order valence-corrected chi connectivity index (χ0v) is 11.5. The minimum absolute atomic E-state index is 0.206. The van der Waals surface area contributed by atoms with Crippen LogP contribution < -0.4 is 5.73 Å². The molecule has 2 unspecified atom stereocenters. The van der Waals surface area contributed by atoms with Gasteiger partial charge in [0.25, 0.3) is 0 Å². The minimum atomic E-state index is -3.21. The van der Waals surface area contributed by atoms with Gasteiger partial charge in [-0.15, -0.1) is 11.3 Å². The van der Waals surface area contributed by atoms with E-state index >= 15 is 0 Å². The Kier molecular flexibility index (Phi) is 4.22. The summed E-state index contributed by atoms with van der Waals surface area (Å²) < 4.78 is 25.4. The van der Waals surface area contributed by atoms with Gasteiger partial charge in [0, 0.05) is 6.04 Å². The third-order valence-corrected chi connectivity index (χ3v) is 7.15. The van der Waals surface area contributed by atoms with Crippen LogP contribution in [0.2, 0.25) is 0 Å². The van der Waals surface area contributed by atoms with Gasteiger partial charge in [-0.2, -0.15) is 0 Å². The highest BCUT2D eigenvalue weighted by Gasteiger charge is 2.33. The fourth-order valence-corrected chi connectivity index (χ4v) is 5.60. The summed E-state index contributed by atoms with van der Waals surface area (Å²) in [7, 11) is -3.21. The van der Waals surface area contributed by atoms with Crippen molar-refractivity contribution in [2.75, 3.05) is 0 Å². The molecule has 1 fully saturated rings. The number of hydrogen-bond donors (Lipinski definition) is 1. The van der Waals surface area contributed by atoms with Gasteiger partial charge >= 0.3 is 0 Å². The first kappa shape index (κ1) is 13.1. The van der Waals surface area contributed by atoms with Crippen LogP contribution in [0.4, 0.5) is 0 Å². The van der Waals surface area contributed by atoms with E-state index in [0.717, 1.165) is 25.7 Å². The first-order valence-electron chi connectivity index (χ1n) is 6.15. The maximum atomic E-state index is 12.5. The Labute approximate surface area is 107 Å². The molecule has 2 atom stereocenters. The standard InChI is InChI=1S/C12H19NO2S2/c13-10-6-3-1-2-4-7-11(10)17(14,15)12-8-5-9-16-12/h5,8-11H,1-4,6-7,13H2. The first-order chi connectivity index (χ1) is 8.12. The second kappa shape index (κ2) is 5.50. The van der Waals surface area contributed by atoms with Gasteiger partial charge in [-0.1, -0.05) is 31.7 Å². The van der Waals surface area contributed by atoms with Crippen molar-refractivity contribution >= 4 is 21.2 Å². The Balaban J connectivity index is 2.24. The van der Waals surface area contributed by atoms with Gasteiger partial charge in [-0.05, 0) is 24.3 Å². The molecule has 2 rings (SSSR count). The molecule has 17 heavy (non-hydrogen) atoms. The smallest absolute Gasteiger partial charge is 0.192 e. The average Bonchev–Trinajstić information content (AvgIpc) is 2.77. The van der Waals surface area contributed by atoms with E-state index in [1.165, 1.54) is 17.8 Å². The zero-order chi connectivity index (χ0) is 12.3. The van der Waals surface area contributed by atoms with Crippen LogP contribution in [0.1, 0.15) is 38.5 Å². The van der Waals surface area contributed by atoms with Crippen LogP contribution in [0.5, 0.6) is 0 Å². The lowest BCUT2D eigenvalue weighted by Gasteiger charge is -2.25. The average molecular weight is 273 g/mol. The van der Waals surface area contributed by atoms with Crippen molar-refractivity contribution < 1.29 is 8.42 Å². The summed E-state index contributed by atoms with van der Waals surface area (Å²) >= 11 is 1.29. The lowest BCUT2D eigenvalue weighted by Crippen LogP contribution is -2.41. The van der Waals surface area contributed by atoms with Gasteiger partial charge in [0.15, 0.2) is 9.84 Å². The molecule has 0 amide bonds. The second-order valence-electron chi connectivity index (χ2n) is 4.67. The summed E-state index contributed by atoms with van der Waals surface area (Å²) in [5.41, 5.74) is 6.07. The fourth-order valence-electron chi connectivity index (χ4n) is 2.44. The maximum Gasteiger partial charge on any atom is 0.192 e. The van der Waals surface area contributed by atoms with E-state index in [2.05, 4.69) is 0 Å². The number of rotatable bonds is 2. The fraction of sp³-hybridized carbons (Fsp3) is 0.667. The molecule has 1 aromatic heterocycles. The summed E-state index contributed by atoms with van der Waals surface area (Å²) in [4.78, 5) is 0. The Morgan fingerprint density at radius 1 is 1.18 bits per heavy atom. The summed E-state index contributed by atoms with van der Waals surface area (Å²) in [6, 6.07) is 3.26. The molecule has 3 nitrogen and oxygen atoms in total. The van der Waals surface area contributed by atoms with Crippen LogP contribution in [-0.2, 0) is 9.84 Å². The lowest BCUT2D eigenvalue weighted by atomic mass is 9.97. The number of nitrogens with two attached hydrogens (primary N) is 1. The summed E-state index contributed by atoms with van der Waals surface area (Å²) in [5, 5.41) is 1.42. The van der Waals surface area contributed by atoms with E-state index in [1.807, 2.05) is 0 Å². The quantitative estimate of drug-likeness (QED) is 0.901. The predicted octanol–water partition coefficient (Wildman–Crippen LogP) is 2.57. The highest BCUT2D eigenvalue weighted by molar-refractivity contribution is 7.94. The van der Waals surface area contributed by atoms with Gasteiger partial charge in [-0.25, -0.2) is 8.42 Å². The van der Waals surface area contributed by atoms with Gasteiger partial charge in [0.05, 0.1) is 5.25 Å². The molecule has 0 bridgehead atoms. The molecule has 96 valence electrons. The van der Waals surface area contributed by atoms with Crippen molar-refractivity contribution in [3.63, 3.8) is 0 Å². The third kappa shape index (κ3) is 2.89. The van der Waals surface area contributed by atoms with Crippen molar-refractivity contribution in [3.8, 4) is 0 Å². The molecule has 5 heteroatoms. The first-order valence-corrected chi connectivity index (χ1v) is 8.58. The summed E-state index contributed by atoms with van der Waals surface area (Å²) in [6.45, 7) is 0. The highest BCUT2D eigenvalue weighted by atomic mass is 32.2. The predicted molar refractivity (Wildman–Crippen MR) is 71.0 cm³/mol. The van der Waals surface area contributed by atoms with E-state index in [9.17, 15) is 8.42 Å². The molecule has 0 radical (unpaired) electrons. The zero-order valence-electron chi connectivity index (χ0n) is 9.84. The monoisotopic (exact) mass is 273 g/mol. The molecule has 2 N–H and O–H groups in total. The maximum absolute atomic E-state index is 12.5. The largest absolute Gasteiger partial charge is 0.327 e. The van der Waals surface area contributed by atoms with Crippen molar-refractivity contribution in [1.29, 1.82) is 0 Å². The van der Waals surface area contributed by atoms with Crippen LogP contribution in [0.25, 0.3) is 0 Å². The highest BCUT2D eigenvalue weighted by Crippen LogP contribution is 2.29. The normalized spacial score (nSPS) is 27.4. The molecular formula is C12H19NO2S2. The molecule has 1 aliphatic rings. The molecule has 1 saturated carbocycles. The molecule has 0 aliphatic heterocycles. The molecule has 1 heterocycles. The van der Waals surface area contributed by atoms with E-state index < -0.39 is 9.84 Å². The van der Waals surface area contributed by atoms with Crippen LogP contribution in [-0.4, -0.2) is 19.7 Å². The summed E-state index contributed by atoms with van der Waals surface area (Å²) in [5.74, 6) is 0. The lowest BCUT2D eigenvalue weighted by molar-refractivity contribution is 0.444. The van der Waals surface area contributed by atoms with E-state index in [1.54, 1.807) is 17.5 Å². The Hall–Kier alpha value is -0.390. The molecule has 0 saturated heterocycles. The van der Waals surface area contributed by atoms with Gasteiger partial charge in [-0.3, -0.25) is 0 Å². The summed E-state index contributed by atoms with van der Waals surface area (Å²) in [6.07, 6.45) is 5.87. The van der Waals surface area contributed by atoms with E-state index in [0.29, 0.717) is 10.6 Å².